The molecule has 0 unspecified atom stereocenters. The summed E-state index contributed by atoms with van der Waals surface area (Å²) in [5.41, 5.74) is 1.21. The van der Waals surface area contributed by atoms with E-state index in [2.05, 4.69) is 10.3 Å². The van der Waals surface area contributed by atoms with Crippen molar-refractivity contribution in [3.8, 4) is 0 Å². The summed E-state index contributed by atoms with van der Waals surface area (Å²) in [6, 6.07) is 3.86. The van der Waals surface area contributed by atoms with Crippen LogP contribution >= 0.6 is 0 Å². The van der Waals surface area contributed by atoms with Crippen molar-refractivity contribution in [3.05, 3.63) is 53.1 Å². The Hall–Kier alpha value is -2.84. The average molecular weight is 380 g/mol. The van der Waals surface area contributed by atoms with E-state index < -0.39 is 17.6 Å². The van der Waals surface area contributed by atoms with Gasteiger partial charge in [0, 0.05) is 30.8 Å². The van der Waals surface area contributed by atoms with Crippen LogP contribution in [0.3, 0.4) is 0 Å². The zero-order chi connectivity index (χ0) is 19.6. The van der Waals surface area contributed by atoms with Gasteiger partial charge in [0.15, 0.2) is 0 Å². The van der Waals surface area contributed by atoms with Crippen LogP contribution in [0.1, 0.15) is 34.2 Å². The van der Waals surface area contributed by atoms with Gasteiger partial charge in [-0.05, 0) is 31.2 Å². The quantitative estimate of drug-likeness (QED) is 0.885. The number of hydrogen-bond donors (Lipinski definition) is 1. The van der Waals surface area contributed by atoms with E-state index in [0.717, 1.165) is 42.2 Å². The fraction of sp³-hybridized carbons (Fsp3) is 0.389. The van der Waals surface area contributed by atoms with Gasteiger partial charge in [-0.3, -0.25) is 9.59 Å². The molecule has 0 saturated carbocycles. The molecule has 0 radical (unpaired) electrons. The fourth-order valence-electron chi connectivity index (χ4n) is 3.04. The summed E-state index contributed by atoms with van der Waals surface area (Å²) in [6.07, 6.45) is -2.00. The Morgan fingerprint density at radius 2 is 1.93 bits per heavy atom. The molecule has 0 spiro atoms. The predicted molar refractivity (Wildman–Crippen MR) is 90.8 cm³/mol. The first kappa shape index (κ1) is 18.9. The van der Waals surface area contributed by atoms with Crippen LogP contribution in [0.4, 0.5) is 13.2 Å². The molecule has 2 amide bonds. The Bertz CT molecular complexity index is 843. The Labute approximate surface area is 154 Å². The molecule has 0 saturated heterocycles. The van der Waals surface area contributed by atoms with E-state index in [9.17, 15) is 22.8 Å². The Morgan fingerprint density at radius 3 is 2.56 bits per heavy atom. The number of fused-ring (bicyclic) bond motifs is 1. The number of carbonyl (C=O) groups excluding carboxylic acids is 2. The molecule has 3 rings (SSSR count). The third-order valence-electron chi connectivity index (χ3n) is 4.56. The summed E-state index contributed by atoms with van der Waals surface area (Å²) in [4.78, 5) is 30.3. The minimum absolute atomic E-state index is 0.0680. The third kappa shape index (κ3) is 4.12. The van der Waals surface area contributed by atoms with E-state index in [0.29, 0.717) is 19.5 Å². The highest BCUT2D eigenvalue weighted by atomic mass is 19.4. The Kier molecular flexibility index (Phi) is 5.20. The number of aryl methyl sites for hydroxylation is 1. The number of rotatable bonds is 4. The smallest absolute Gasteiger partial charge is 0.343 e. The number of hydrogen-bond acceptors (Lipinski definition) is 3. The van der Waals surface area contributed by atoms with E-state index in [1.807, 2.05) is 11.5 Å². The van der Waals surface area contributed by atoms with Crippen LogP contribution < -0.4 is 5.32 Å². The van der Waals surface area contributed by atoms with Gasteiger partial charge in [-0.1, -0.05) is 0 Å². The van der Waals surface area contributed by atoms with Gasteiger partial charge in [0.05, 0.1) is 30.7 Å². The number of aromatic nitrogens is 2. The molecule has 9 heteroatoms. The molecule has 1 N–H and O–H groups in total. The molecule has 0 bridgehead atoms. The first-order chi connectivity index (χ1) is 12.8. The first-order valence-corrected chi connectivity index (χ1v) is 8.55. The highest BCUT2D eigenvalue weighted by Gasteiger charge is 2.30. The van der Waals surface area contributed by atoms with Crippen molar-refractivity contribution < 1.29 is 22.8 Å². The summed E-state index contributed by atoms with van der Waals surface area (Å²) in [6.45, 7) is 3.55. The second-order valence-corrected chi connectivity index (χ2v) is 6.25. The van der Waals surface area contributed by atoms with Crippen LogP contribution in [-0.4, -0.2) is 39.4 Å². The second kappa shape index (κ2) is 7.42. The van der Waals surface area contributed by atoms with Crippen LogP contribution in [0.5, 0.6) is 0 Å². The lowest BCUT2D eigenvalue weighted by Crippen LogP contribution is -2.42. The van der Waals surface area contributed by atoms with Gasteiger partial charge in [0.25, 0.3) is 5.91 Å². The van der Waals surface area contributed by atoms with Gasteiger partial charge < -0.3 is 14.8 Å². The molecular formula is C18H19F3N4O2. The number of nitrogens with one attached hydrogen (secondary N) is 1. The van der Waals surface area contributed by atoms with Crippen molar-refractivity contribution in [1.29, 1.82) is 0 Å². The zero-order valence-electron chi connectivity index (χ0n) is 14.7. The molecule has 1 aliphatic rings. The number of amides is 2. The number of nitrogens with zero attached hydrogens (tertiary/aromatic N) is 3. The number of carbonyl (C=O) groups is 2. The van der Waals surface area contributed by atoms with E-state index in [4.69, 9.17) is 0 Å². The minimum Gasteiger partial charge on any atom is -0.343 e. The van der Waals surface area contributed by atoms with Crippen molar-refractivity contribution in [3.63, 3.8) is 0 Å². The predicted octanol–water partition coefficient (Wildman–Crippen LogP) is 2.24. The molecule has 1 aromatic carbocycles. The van der Waals surface area contributed by atoms with Crippen molar-refractivity contribution >= 4 is 11.8 Å². The van der Waals surface area contributed by atoms with E-state index in [-0.39, 0.29) is 18.0 Å². The van der Waals surface area contributed by atoms with E-state index in [1.165, 1.54) is 0 Å². The molecule has 2 aromatic rings. The molecular weight excluding hydrogens is 361 g/mol. The Balaban J connectivity index is 1.55. The summed E-state index contributed by atoms with van der Waals surface area (Å²) in [5.74, 6) is -0.850. The van der Waals surface area contributed by atoms with Gasteiger partial charge in [0.1, 0.15) is 0 Å². The van der Waals surface area contributed by atoms with Gasteiger partial charge in [-0.15, -0.1) is 0 Å². The normalized spacial score (nSPS) is 14.0. The zero-order valence-corrected chi connectivity index (χ0v) is 14.7. The molecule has 1 aromatic heterocycles. The van der Waals surface area contributed by atoms with Crippen molar-refractivity contribution in [2.45, 2.75) is 32.6 Å². The maximum atomic E-state index is 12.6. The maximum Gasteiger partial charge on any atom is 0.416 e. The van der Waals surface area contributed by atoms with Gasteiger partial charge >= 0.3 is 6.18 Å². The monoisotopic (exact) mass is 380 g/mol. The topological polar surface area (TPSA) is 67.2 Å². The number of imidazole rings is 1. The van der Waals surface area contributed by atoms with Gasteiger partial charge in [0.2, 0.25) is 5.91 Å². The number of halogens is 3. The standard InChI is InChI=1S/C18H19F3N4O2/c1-2-24-11-23-14-10-25(8-7-15(14)24)16(26)9-22-17(27)12-3-5-13(6-4-12)18(19,20)21/h3-6,11H,2,7-10H2,1H3,(H,22,27). The highest BCUT2D eigenvalue weighted by Crippen LogP contribution is 2.29. The number of benzene rings is 1. The van der Waals surface area contributed by atoms with Crippen molar-refractivity contribution in [2.24, 2.45) is 0 Å². The lowest BCUT2D eigenvalue weighted by atomic mass is 10.1. The number of alkyl halides is 3. The van der Waals surface area contributed by atoms with Crippen LogP contribution in [0, 0.1) is 0 Å². The first-order valence-electron chi connectivity index (χ1n) is 8.55. The molecule has 27 heavy (non-hydrogen) atoms. The van der Waals surface area contributed by atoms with Crippen LogP contribution in [0.2, 0.25) is 0 Å². The summed E-state index contributed by atoms with van der Waals surface area (Å²) in [5, 5.41) is 2.46. The summed E-state index contributed by atoms with van der Waals surface area (Å²) in [7, 11) is 0. The summed E-state index contributed by atoms with van der Waals surface area (Å²) >= 11 is 0. The van der Waals surface area contributed by atoms with E-state index >= 15 is 0 Å². The molecule has 0 fully saturated rings. The van der Waals surface area contributed by atoms with Crippen LogP contribution in [-0.2, 0) is 30.5 Å². The largest absolute Gasteiger partial charge is 0.416 e. The van der Waals surface area contributed by atoms with Crippen molar-refractivity contribution in [1.82, 2.24) is 19.8 Å². The minimum atomic E-state index is -4.46. The lowest BCUT2D eigenvalue weighted by molar-refractivity contribution is -0.137. The van der Waals surface area contributed by atoms with E-state index in [1.54, 1.807) is 11.2 Å². The highest BCUT2D eigenvalue weighted by molar-refractivity contribution is 5.96. The molecule has 144 valence electrons. The molecule has 6 nitrogen and oxygen atoms in total. The second-order valence-electron chi connectivity index (χ2n) is 6.25. The van der Waals surface area contributed by atoms with Crippen molar-refractivity contribution in [2.75, 3.05) is 13.1 Å². The third-order valence-corrected chi connectivity index (χ3v) is 4.56. The fourth-order valence-corrected chi connectivity index (χ4v) is 3.04. The average Bonchev–Trinajstić information content (AvgIpc) is 3.07. The molecule has 0 atom stereocenters. The van der Waals surface area contributed by atoms with Gasteiger partial charge in [-0.2, -0.15) is 13.2 Å². The van der Waals surface area contributed by atoms with Crippen LogP contribution in [0.15, 0.2) is 30.6 Å². The van der Waals surface area contributed by atoms with Gasteiger partial charge in [-0.25, -0.2) is 4.98 Å². The molecule has 2 heterocycles. The lowest BCUT2D eigenvalue weighted by Gasteiger charge is -2.27. The Morgan fingerprint density at radius 1 is 1.22 bits per heavy atom. The molecule has 0 aliphatic carbocycles. The summed E-state index contributed by atoms with van der Waals surface area (Å²) < 4.78 is 39.7. The molecule has 1 aliphatic heterocycles. The SMILES string of the molecule is CCn1cnc2c1CCN(C(=O)CNC(=O)c1ccc(C(F)(F)F)cc1)C2. The van der Waals surface area contributed by atoms with Crippen LogP contribution in [0.25, 0.3) is 0 Å². The maximum absolute atomic E-state index is 12.6.